The van der Waals surface area contributed by atoms with Gasteiger partial charge in [0.15, 0.2) is 9.84 Å². The summed E-state index contributed by atoms with van der Waals surface area (Å²) in [6.45, 7) is 1.88. The van der Waals surface area contributed by atoms with E-state index in [1.165, 1.54) is 29.2 Å². The zero-order valence-electron chi connectivity index (χ0n) is 11.9. The molecule has 120 valence electrons. The topological polar surface area (TPSA) is 91.8 Å². The van der Waals surface area contributed by atoms with Crippen molar-refractivity contribution in [1.29, 1.82) is 0 Å². The Morgan fingerprint density at radius 3 is 2.41 bits per heavy atom. The van der Waals surface area contributed by atoms with E-state index in [1.54, 1.807) is 6.92 Å². The number of aliphatic carboxylic acids is 1. The number of carbonyl (C=O) groups is 2. The highest BCUT2D eigenvalue weighted by atomic mass is 35.5. The molecule has 0 radical (unpaired) electrons. The molecule has 1 aromatic rings. The van der Waals surface area contributed by atoms with Crippen molar-refractivity contribution in [3.63, 3.8) is 0 Å². The van der Waals surface area contributed by atoms with Crippen molar-refractivity contribution in [3.8, 4) is 0 Å². The van der Waals surface area contributed by atoms with Gasteiger partial charge in [-0.05, 0) is 37.6 Å². The van der Waals surface area contributed by atoms with Gasteiger partial charge in [-0.2, -0.15) is 0 Å². The normalized spacial score (nSPS) is 21.8. The van der Waals surface area contributed by atoms with Crippen molar-refractivity contribution in [1.82, 2.24) is 4.90 Å². The summed E-state index contributed by atoms with van der Waals surface area (Å²) >= 11 is 5.71. The SMILES string of the molecule is CC1C(C(=O)O)CCN1C(=O)CS(=O)(=O)c1ccc(Cl)cc1. The third kappa shape index (κ3) is 3.41. The Kier molecular flexibility index (Phi) is 4.77. The van der Waals surface area contributed by atoms with Crippen LogP contribution in [0.5, 0.6) is 0 Å². The first-order chi connectivity index (χ1) is 10.2. The first kappa shape index (κ1) is 16.8. The standard InChI is InChI=1S/C14H16ClNO5S/c1-9-12(14(18)19)6-7-16(9)13(17)8-22(20,21)11-4-2-10(15)3-5-11/h2-5,9,12H,6-8H2,1H3,(H,18,19). The number of halogens is 1. The van der Waals surface area contributed by atoms with Crippen molar-refractivity contribution in [2.24, 2.45) is 5.92 Å². The summed E-state index contributed by atoms with van der Waals surface area (Å²) in [5, 5.41) is 9.46. The molecule has 8 heteroatoms. The van der Waals surface area contributed by atoms with E-state index in [0.29, 0.717) is 11.4 Å². The van der Waals surface area contributed by atoms with Crippen LogP contribution in [0, 0.1) is 5.92 Å². The zero-order valence-corrected chi connectivity index (χ0v) is 13.5. The lowest BCUT2D eigenvalue weighted by Crippen LogP contribution is -2.40. The summed E-state index contributed by atoms with van der Waals surface area (Å²) < 4.78 is 24.5. The molecule has 2 rings (SSSR count). The van der Waals surface area contributed by atoms with E-state index in [4.69, 9.17) is 16.7 Å². The molecule has 1 heterocycles. The molecule has 0 saturated carbocycles. The monoisotopic (exact) mass is 345 g/mol. The lowest BCUT2D eigenvalue weighted by Gasteiger charge is -2.23. The Labute approximate surface area is 133 Å². The average Bonchev–Trinajstić information content (AvgIpc) is 2.80. The highest BCUT2D eigenvalue weighted by Gasteiger charge is 2.39. The number of hydrogen-bond acceptors (Lipinski definition) is 4. The quantitative estimate of drug-likeness (QED) is 0.891. The molecule has 0 aromatic heterocycles. The van der Waals surface area contributed by atoms with Crippen LogP contribution in [-0.4, -0.2) is 48.6 Å². The lowest BCUT2D eigenvalue weighted by molar-refractivity contribution is -0.142. The maximum absolute atomic E-state index is 12.2. The summed E-state index contributed by atoms with van der Waals surface area (Å²) in [4.78, 5) is 24.6. The van der Waals surface area contributed by atoms with Gasteiger partial charge in [0.25, 0.3) is 0 Å². The molecule has 1 aromatic carbocycles. The van der Waals surface area contributed by atoms with E-state index in [2.05, 4.69) is 0 Å². The number of sulfone groups is 1. The minimum atomic E-state index is -3.77. The smallest absolute Gasteiger partial charge is 0.308 e. The second-order valence-electron chi connectivity index (χ2n) is 5.27. The van der Waals surface area contributed by atoms with Gasteiger partial charge in [-0.15, -0.1) is 0 Å². The van der Waals surface area contributed by atoms with E-state index < -0.39 is 39.4 Å². The van der Waals surface area contributed by atoms with Gasteiger partial charge >= 0.3 is 5.97 Å². The van der Waals surface area contributed by atoms with Crippen LogP contribution in [0.1, 0.15) is 13.3 Å². The zero-order chi connectivity index (χ0) is 16.5. The number of amides is 1. The van der Waals surface area contributed by atoms with E-state index in [1.807, 2.05) is 0 Å². The predicted octanol–water partition coefficient (Wildman–Crippen LogP) is 1.44. The highest BCUT2D eigenvalue weighted by Crippen LogP contribution is 2.25. The molecule has 1 saturated heterocycles. The van der Waals surface area contributed by atoms with Gasteiger partial charge < -0.3 is 10.0 Å². The molecule has 1 aliphatic rings. The van der Waals surface area contributed by atoms with Crippen LogP contribution >= 0.6 is 11.6 Å². The minimum Gasteiger partial charge on any atom is -0.481 e. The molecular weight excluding hydrogens is 330 g/mol. The maximum atomic E-state index is 12.2. The summed E-state index contributed by atoms with van der Waals surface area (Å²) in [6.07, 6.45) is 0.337. The number of carbonyl (C=O) groups excluding carboxylic acids is 1. The Hall–Kier alpha value is -1.60. The fourth-order valence-corrected chi connectivity index (χ4v) is 3.93. The number of rotatable bonds is 4. The van der Waals surface area contributed by atoms with Crippen LogP contribution in [0.15, 0.2) is 29.2 Å². The molecule has 0 aliphatic carbocycles. The van der Waals surface area contributed by atoms with Crippen LogP contribution in [0.2, 0.25) is 5.02 Å². The van der Waals surface area contributed by atoms with Gasteiger partial charge in [0.05, 0.1) is 10.8 Å². The van der Waals surface area contributed by atoms with Crippen molar-refractivity contribution in [2.75, 3.05) is 12.3 Å². The van der Waals surface area contributed by atoms with Gasteiger partial charge in [-0.25, -0.2) is 8.42 Å². The van der Waals surface area contributed by atoms with Crippen LogP contribution in [-0.2, 0) is 19.4 Å². The first-order valence-electron chi connectivity index (χ1n) is 6.73. The number of carboxylic acids is 1. The van der Waals surface area contributed by atoms with E-state index >= 15 is 0 Å². The Bertz CT molecular complexity index is 686. The predicted molar refractivity (Wildman–Crippen MR) is 80.4 cm³/mol. The van der Waals surface area contributed by atoms with E-state index in [0.717, 1.165) is 0 Å². The Morgan fingerprint density at radius 1 is 1.32 bits per heavy atom. The molecule has 2 atom stereocenters. The molecule has 1 aliphatic heterocycles. The number of likely N-dealkylation sites (tertiary alicyclic amines) is 1. The second kappa shape index (κ2) is 6.26. The number of nitrogens with zero attached hydrogens (tertiary/aromatic N) is 1. The second-order valence-corrected chi connectivity index (χ2v) is 7.70. The molecular formula is C14H16ClNO5S. The van der Waals surface area contributed by atoms with E-state index in [9.17, 15) is 18.0 Å². The molecule has 22 heavy (non-hydrogen) atoms. The van der Waals surface area contributed by atoms with Gasteiger partial charge in [0.1, 0.15) is 5.75 Å². The van der Waals surface area contributed by atoms with E-state index in [-0.39, 0.29) is 11.4 Å². The average molecular weight is 346 g/mol. The molecule has 1 fully saturated rings. The summed E-state index contributed by atoms with van der Waals surface area (Å²) in [6, 6.07) is 5.07. The third-order valence-electron chi connectivity index (χ3n) is 3.88. The highest BCUT2D eigenvalue weighted by molar-refractivity contribution is 7.92. The lowest BCUT2D eigenvalue weighted by atomic mass is 10.0. The molecule has 6 nitrogen and oxygen atoms in total. The number of hydrogen-bond donors (Lipinski definition) is 1. The van der Waals surface area contributed by atoms with Gasteiger partial charge in [0, 0.05) is 17.6 Å². The number of benzene rings is 1. The molecule has 0 bridgehead atoms. The van der Waals surface area contributed by atoms with Gasteiger partial charge in [0.2, 0.25) is 5.91 Å². The summed E-state index contributed by atoms with van der Waals surface area (Å²) in [7, 11) is -3.77. The third-order valence-corrected chi connectivity index (χ3v) is 5.75. The molecule has 0 spiro atoms. The summed E-state index contributed by atoms with van der Waals surface area (Å²) in [5.41, 5.74) is 0. The molecule has 2 unspecified atom stereocenters. The van der Waals surface area contributed by atoms with Crippen LogP contribution < -0.4 is 0 Å². The first-order valence-corrected chi connectivity index (χ1v) is 8.76. The largest absolute Gasteiger partial charge is 0.481 e. The van der Waals surface area contributed by atoms with Crippen LogP contribution in [0.4, 0.5) is 0 Å². The fourth-order valence-electron chi connectivity index (χ4n) is 2.59. The fraction of sp³-hybridized carbons (Fsp3) is 0.429. The Balaban J connectivity index is 2.12. The molecule has 1 amide bonds. The van der Waals surface area contributed by atoms with Crippen LogP contribution in [0.3, 0.4) is 0 Å². The number of carboxylic acid groups (broad SMARTS) is 1. The minimum absolute atomic E-state index is 0.0203. The van der Waals surface area contributed by atoms with Gasteiger partial charge in [-0.1, -0.05) is 11.6 Å². The van der Waals surface area contributed by atoms with Crippen molar-refractivity contribution >= 4 is 33.3 Å². The van der Waals surface area contributed by atoms with Crippen LogP contribution in [0.25, 0.3) is 0 Å². The summed E-state index contributed by atoms with van der Waals surface area (Å²) in [5.74, 6) is -2.87. The van der Waals surface area contributed by atoms with Crippen molar-refractivity contribution in [3.05, 3.63) is 29.3 Å². The Morgan fingerprint density at radius 2 is 1.91 bits per heavy atom. The van der Waals surface area contributed by atoms with Crippen molar-refractivity contribution in [2.45, 2.75) is 24.3 Å². The van der Waals surface area contributed by atoms with Crippen molar-refractivity contribution < 1.29 is 23.1 Å². The van der Waals surface area contributed by atoms with Gasteiger partial charge in [-0.3, -0.25) is 9.59 Å². The molecule has 1 N–H and O–H groups in total. The maximum Gasteiger partial charge on any atom is 0.308 e.